The highest BCUT2D eigenvalue weighted by Gasteiger charge is 2.01. The highest BCUT2D eigenvalue weighted by atomic mass is 35.5. The predicted molar refractivity (Wildman–Crippen MR) is 76.4 cm³/mol. The molecule has 92 valence electrons. The number of thiophene rings is 1. The Bertz CT molecular complexity index is 427. The second-order valence-corrected chi connectivity index (χ2v) is 7.23. The molecule has 0 saturated heterocycles. The van der Waals surface area contributed by atoms with Gasteiger partial charge in [-0.1, -0.05) is 23.4 Å². The molecule has 0 radical (unpaired) electrons. The van der Waals surface area contributed by atoms with Crippen LogP contribution in [0.3, 0.4) is 0 Å². The molecule has 0 unspecified atom stereocenters. The monoisotopic (exact) mass is 305 g/mol. The molecule has 2 rings (SSSR count). The Labute approximate surface area is 118 Å². The van der Waals surface area contributed by atoms with Crippen LogP contribution in [0.15, 0.2) is 16.5 Å². The van der Waals surface area contributed by atoms with Crippen molar-refractivity contribution in [1.29, 1.82) is 0 Å². The summed E-state index contributed by atoms with van der Waals surface area (Å²) in [7, 11) is 0. The minimum Gasteiger partial charge on any atom is -0.311 e. The van der Waals surface area contributed by atoms with Crippen LogP contribution >= 0.6 is 46.2 Å². The van der Waals surface area contributed by atoms with E-state index >= 15 is 0 Å². The van der Waals surface area contributed by atoms with Crippen molar-refractivity contribution in [3.05, 3.63) is 27.2 Å². The van der Waals surface area contributed by atoms with Crippen LogP contribution in [0.5, 0.6) is 0 Å². The highest BCUT2D eigenvalue weighted by molar-refractivity contribution is 8.00. The van der Waals surface area contributed by atoms with Gasteiger partial charge in [-0.05, 0) is 30.6 Å². The number of hydrogen-bond acceptors (Lipinski definition) is 6. The summed E-state index contributed by atoms with van der Waals surface area (Å²) in [5.74, 6) is 1.87. The summed E-state index contributed by atoms with van der Waals surface area (Å²) in [6.45, 7) is 3.76. The third kappa shape index (κ3) is 4.56. The Morgan fingerprint density at radius 2 is 2.35 bits per heavy atom. The maximum absolute atomic E-state index is 5.86. The third-order valence-corrected chi connectivity index (χ3v) is 5.10. The molecule has 0 saturated carbocycles. The first-order valence-electron chi connectivity index (χ1n) is 5.12. The van der Waals surface area contributed by atoms with Crippen molar-refractivity contribution in [2.24, 2.45) is 0 Å². The molecule has 0 spiro atoms. The molecule has 0 fully saturated rings. The van der Waals surface area contributed by atoms with E-state index in [9.17, 15) is 0 Å². The summed E-state index contributed by atoms with van der Waals surface area (Å²) in [6.07, 6.45) is 0. The van der Waals surface area contributed by atoms with Gasteiger partial charge < -0.3 is 5.32 Å². The lowest BCUT2D eigenvalue weighted by molar-refractivity contribution is 0.741. The molecule has 0 aromatic carbocycles. The molecule has 17 heavy (non-hydrogen) atoms. The molecular weight excluding hydrogens is 294 g/mol. The number of thioether (sulfide) groups is 1. The fourth-order valence-corrected chi connectivity index (χ4v) is 3.88. The fraction of sp³-hybridized carbons (Fsp3) is 0.400. The van der Waals surface area contributed by atoms with Crippen LogP contribution < -0.4 is 5.32 Å². The Balaban J connectivity index is 1.60. The standard InChI is InChI=1S/C10H12ClN3S3/c1-7-13-10(17-14-7)15-5-4-12-6-8-2-3-9(11)16-8/h2-3,12H,4-6H2,1H3. The van der Waals surface area contributed by atoms with Crippen LogP contribution in [-0.4, -0.2) is 21.7 Å². The van der Waals surface area contributed by atoms with Crippen LogP contribution in [0.4, 0.5) is 0 Å². The molecule has 1 N–H and O–H groups in total. The number of rotatable bonds is 6. The van der Waals surface area contributed by atoms with E-state index in [4.69, 9.17) is 11.6 Å². The van der Waals surface area contributed by atoms with Gasteiger partial charge in [-0.25, -0.2) is 4.98 Å². The lowest BCUT2D eigenvalue weighted by Crippen LogP contribution is -2.15. The van der Waals surface area contributed by atoms with Crippen LogP contribution in [-0.2, 0) is 6.54 Å². The normalized spacial score (nSPS) is 10.9. The van der Waals surface area contributed by atoms with E-state index in [0.29, 0.717) is 0 Å². The quantitative estimate of drug-likeness (QED) is 0.655. The van der Waals surface area contributed by atoms with Gasteiger partial charge in [0, 0.05) is 23.7 Å². The summed E-state index contributed by atoms with van der Waals surface area (Å²) in [5.41, 5.74) is 0. The predicted octanol–water partition coefficient (Wildman–Crippen LogP) is 3.44. The lowest BCUT2D eigenvalue weighted by atomic mass is 10.4. The number of nitrogens with zero attached hydrogens (tertiary/aromatic N) is 2. The number of hydrogen-bond donors (Lipinski definition) is 1. The molecule has 0 amide bonds. The first-order valence-corrected chi connectivity index (χ1v) is 8.07. The molecule has 0 bridgehead atoms. The smallest absolute Gasteiger partial charge is 0.170 e. The Morgan fingerprint density at radius 1 is 1.47 bits per heavy atom. The number of aryl methyl sites for hydroxylation is 1. The van der Waals surface area contributed by atoms with Crippen LogP contribution in [0, 0.1) is 6.92 Å². The van der Waals surface area contributed by atoms with Crippen LogP contribution in [0.2, 0.25) is 4.34 Å². The van der Waals surface area contributed by atoms with E-state index in [1.54, 1.807) is 23.1 Å². The SMILES string of the molecule is Cc1nsc(SCCNCc2ccc(Cl)s2)n1. The molecule has 2 heterocycles. The topological polar surface area (TPSA) is 37.8 Å². The van der Waals surface area contributed by atoms with Gasteiger partial charge in [-0.3, -0.25) is 0 Å². The van der Waals surface area contributed by atoms with Crippen molar-refractivity contribution < 1.29 is 0 Å². The van der Waals surface area contributed by atoms with Crippen molar-refractivity contribution in [1.82, 2.24) is 14.7 Å². The fourth-order valence-electron chi connectivity index (χ4n) is 1.21. The van der Waals surface area contributed by atoms with E-state index in [-0.39, 0.29) is 0 Å². The van der Waals surface area contributed by atoms with Crippen molar-refractivity contribution >= 4 is 46.2 Å². The summed E-state index contributed by atoms with van der Waals surface area (Å²) in [6, 6.07) is 3.99. The minimum absolute atomic E-state index is 0.848. The summed E-state index contributed by atoms with van der Waals surface area (Å²) in [5, 5.41) is 3.38. The molecule has 0 aliphatic heterocycles. The van der Waals surface area contributed by atoms with Gasteiger partial charge >= 0.3 is 0 Å². The van der Waals surface area contributed by atoms with Gasteiger partial charge in [0.15, 0.2) is 4.34 Å². The Hall–Kier alpha value is -0.140. The second-order valence-electron chi connectivity index (χ2n) is 3.34. The number of aromatic nitrogens is 2. The zero-order chi connectivity index (χ0) is 12.1. The van der Waals surface area contributed by atoms with Crippen LogP contribution in [0.1, 0.15) is 10.7 Å². The molecule has 2 aromatic rings. The van der Waals surface area contributed by atoms with E-state index in [0.717, 1.165) is 33.3 Å². The van der Waals surface area contributed by atoms with Gasteiger partial charge in [0.2, 0.25) is 0 Å². The maximum Gasteiger partial charge on any atom is 0.170 e. The largest absolute Gasteiger partial charge is 0.311 e. The summed E-state index contributed by atoms with van der Waals surface area (Å²) < 4.78 is 6.03. The Morgan fingerprint density at radius 3 is 3.00 bits per heavy atom. The Kier molecular flexibility index (Phi) is 5.24. The number of halogens is 1. The minimum atomic E-state index is 0.848. The maximum atomic E-state index is 5.86. The van der Waals surface area contributed by atoms with E-state index < -0.39 is 0 Å². The highest BCUT2D eigenvalue weighted by Crippen LogP contribution is 2.21. The molecule has 7 heteroatoms. The third-order valence-electron chi connectivity index (χ3n) is 1.94. The van der Waals surface area contributed by atoms with Gasteiger partial charge in [0.25, 0.3) is 0 Å². The lowest BCUT2D eigenvalue weighted by Gasteiger charge is -2.00. The van der Waals surface area contributed by atoms with Crippen molar-refractivity contribution in [3.8, 4) is 0 Å². The van der Waals surface area contributed by atoms with Crippen molar-refractivity contribution in [3.63, 3.8) is 0 Å². The van der Waals surface area contributed by atoms with Gasteiger partial charge in [-0.15, -0.1) is 11.3 Å². The summed E-state index contributed by atoms with van der Waals surface area (Å²) >= 11 is 10.7. The molecule has 0 aliphatic rings. The van der Waals surface area contributed by atoms with Crippen molar-refractivity contribution in [2.75, 3.05) is 12.3 Å². The number of nitrogens with one attached hydrogen (secondary N) is 1. The molecular formula is C10H12ClN3S3. The van der Waals surface area contributed by atoms with Crippen LogP contribution in [0.25, 0.3) is 0 Å². The second kappa shape index (κ2) is 6.70. The zero-order valence-electron chi connectivity index (χ0n) is 9.27. The van der Waals surface area contributed by atoms with Gasteiger partial charge in [-0.2, -0.15) is 4.37 Å². The van der Waals surface area contributed by atoms with Gasteiger partial charge in [0.1, 0.15) is 5.82 Å². The molecule has 0 aliphatic carbocycles. The first-order chi connectivity index (χ1) is 8.24. The average Bonchev–Trinajstić information content (AvgIpc) is 2.88. The molecule has 0 atom stereocenters. The molecule has 3 nitrogen and oxygen atoms in total. The van der Waals surface area contributed by atoms with E-state index in [1.807, 2.05) is 13.0 Å². The average molecular weight is 306 g/mol. The van der Waals surface area contributed by atoms with Crippen molar-refractivity contribution in [2.45, 2.75) is 17.8 Å². The van der Waals surface area contributed by atoms with E-state index in [2.05, 4.69) is 20.7 Å². The first kappa shape index (κ1) is 13.3. The van der Waals surface area contributed by atoms with Gasteiger partial charge in [0.05, 0.1) is 4.34 Å². The summed E-state index contributed by atoms with van der Waals surface area (Å²) in [4.78, 5) is 5.57. The molecule has 2 aromatic heterocycles. The zero-order valence-corrected chi connectivity index (χ0v) is 12.5. The van der Waals surface area contributed by atoms with E-state index in [1.165, 1.54) is 16.4 Å².